The average Bonchev–Trinajstić information content (AvgIpc) is 3.79. The van der Waals surface area contributed by atoms with Crippen LogP contribution in [-0.4, -0.2) is 151 Å². The number of nitrogens with one attached hydrogen (secondary N) is 8. The maximum absolute atomic E-state index is 14.9. The van der Waals surface area contributed by atoms with E-state index in [4.69, 9.17) is 22.9 Å². The SMILES string of the molecule is C[C@@H](O)[C@H](NC(=O)C1NC(=O)[C@H]([C@@H](C)O)NC(=O)C(CCCN=C(N)N)NC(=O)[C@@H](Cc2c[nH]c3ccccc23)NC(=O)C(Cc2ccc(O)cc2)NC(=O)C(NC(=O)[C@H](N)Cc2ccccc2)CSSC1(C)C)C(N)=O. The lowest BCUT2D eigenvalue weighted by molar-refractivity contribution is -0.137. The number of phenolic OH excluding ortho intramolecular Hbond substituents is 1. The van der Waals surface area contributed by atoms with Crippen molar-refractivity contribution in [1.29, 1.82) is 0 Å². The summed E-state index contributed by atoms with van der Waals surface area (Å²) in [7, 11) is 1.92. The summed E-state index contributed by atoms with van der Waals surface area (Å²) in [6, 6.07) is 9.79. The van der Waals surface area contributed by atoms with Crippen molar-refractivity contribution in [2.24, 2.45) is 27.9 Å². The van der Waals surface area contributed by atoms with Crippen molar-refractivity contribution in [2.45, 2.75) is 125 Å². The number of rotatable bonds is 17. The third-order valence-electron chi connectivity index (χ3n) is 12.5. The molecule has 0 spiro atoms. The number of aliphatic imine (C=N–C) groups is 1. The van der Waals surface area contributed by atoms with Gasteiger partial charge in [0, 0.05) is 47.0 Å². The highest BCUT2D eigenvalue weighted by atomic mass is 33.1. The number of aromatic amines is 1. The Morgan fingerprint density at radius 2 is 1.38 bits per heavy atom. The van der Waals surface area contributed by atoms with E-state index in [0.717, 1.165) is 27.2 Å². The molecule has 0 saturated carbocycles. The van der Waals surface area contributed by atoms with Crippen molar-refractivity contribution in [2.75, 3.05) is 12.3 Å². The zero-order valence-corrected chi connectivity index (χ0v) is 44.6. The molecule has 1 aromatic heterocycles. The summed E-state index contributed by atoms with van der Waals surface area (Å²) in [5.74, 6) is -8.15. The summed E-state index contributed by atoms with van der Waals surface area (Å²) >= 11 is 0. The van der Waals surface area contributed by atoms with Crippen LogP contribution in [0.4, 0.5) is 0 Å². The number of amides is 8. The Balaban J connectivity index is 1.64. The van der Waals surface area contributed by atoms with Crippen molar-refractivity contribution in [3.8, 4) is 5.75 Å². The van der Waals surface area contributed by atoms with E-state index in [1.165, 1.54) is 52.0 Å². The lowest BCUT2D eigenvalue weighted by Gasteiger charge is -2.36. The molecule has 1 saturated heterocycles. The number of carbonyl (C=O) groups excluding carboxylic acids is 8. The number of guanidine groups is 1. The van der Waals surface area contributed by atoms with Gasteiger partial charge in [0.1, 0.15) is 48.0 Å². The smallest absolute Gasteiger partial charge is 0.245 e. The molecule has 0 radical (unpaired) electrons. The molecule has 4 aromatic rings. The number of benzene rings is 3. The van der Waals surface area contributed by atoms with Crippen LogP contribution >= 0.6 is 21.6 Å². The van der Waals surface area contributed by atoms with Crippen LogP contribution in [0, 0.1) is 0 Å². The molecule has 26 heteroatoms. The first-order chi connectivity index (χ1) is 36.4. The summed E-state index contributed by atoms with van der Waals surface area (Å²) in [5, 5.41) is 50.6. The highest BCUT2D eigenvalue weighted by Crippen LogP contribution is 2.39. The van der Waals surface area contributed by atoms with Crippen LogP contribution < -0.4 is 60.2 Å². The van der Waals surface area contributed by atoms with E-state index in [2.05, 4.69) is 47.2 Å². The van der Waals surface area contributed by atoms with Crippen LogP contribution in [-0.2, 0) is 57.6 Å². The number of hydrogen-bond donors (Lipinski definition) is 15. The van der Waals surface area contributed by atoms with Gasteiger partial charge in [-0.05, 0) is 81.8 Å². The molecule has 19 N–H and O–H groups in total. The molecule has 8 amide bonds. The highest BCUT2D eigenvalue weighted by Gasteiger charge is 2.43. The Morgan fingerprint density at radius 3 is 2.01 bits per heavy atom. The Hall–Kier alpha value is -7.39. The number of aliphatic hydroxyl groups excluding tert-OH is 2. The van der Waals surface area contributed by atoms with Crippen LogP contribution in [0.2, 0.25) is 0 Å². The summed E-state index contributed by atoms with van der Waals surface area (Å²) in [6.07, 6.45) is -1.83. The second-order valence-electron chi connectivity index (χ2n) is 19.2. The summed E-state index contributed by atoms with van der Waals surface area (Å²) < 4.78 is -1.45. The van der Waals surface area contributed by atoms with Crippen molar-refractivity contribution < 1.29 is 53.7 Å². The van der Waals surface area contributed by atoms with Gasteiger partial charge in [-0.3, -0.25) is 43.3 Å². The summed E-state index contributed by atoms with van der Waals surface area (Å²) in [4.78, 5) is 121. The fraction of sp³-hybridized carbons (Fsp3) is 0.431. The summed E-state index contributed by atoms with van der Waals surface area (Å²) in [5.41, 5.74) is 25.5. The van der Waals surface area contributed by atoms with Crippen molar-refractivity contribution in [3.63, 3.8) is 0 Å². The zero-order chi connectivity index (χ0) is 56.6. The molecule has 5 rings (SSSR count). The van der Waals surface area contributed by atoms with Gasteiger partial charge < -0.3 is 80.5 Å². The van der Waals surface area contributed by atoms with Crippen molar-refractivity contribution in [3.05, 3.63) is 102 Å². The number of nitrogens with zero attached hydrogens (tertiary/aromatic N) is 1. The van der Waals surface area contributed by atoms with Gasteiger partial charge in [0.25, 0.3) is 0 Å². The number of fused-ring (bicyclic) bond motifs is 1. The largest absolute Gasteiger partial charge is 0.508 e. The van der Waals surface area contributed by atoms with Crippen LogP contribution in [0.5, 0.6) is 5.75 Å². The van der Waals surface area contributed by atoms with E-state index >= 15 is 0 Å². The van der Waals surface area contributed by atoms with Gasteiger partial charge in [-0.2, -0.15) is 0 Å². The van der Waals surface area contributed by atoms with Gasteiger partial charge in [-0.15, -0.1) is 0 Å². The topological polar surface area (TPSA) is 414 Å². The lowest BCUT2D eigenvalue weighted by Crippen LogP contribution is -2.65. The molecular weight excluding hydrogens is 1030 g/mol. The zero-order valence-electron chi connectivity index (χ0n) is 43.0. The van der Waals surface area contributed by atoms with E-state index < -0.39 is 113 Å². The van der Waals surface area contributed by atoms with E-state index in [9.17, 15) is 53.7 Å². The Bertz CT molecular complexity index is 2740. The minimum absolute atomic E-state index is 0.00282. The molecule has 1 fully saturated rings. The first-order valence-corrected chi connectivity index (χ1v) is 27.0. The minimum atomic E-state index is -1.80. The molecule has 0 bridgehead atoms. The van der Waals surface area contributed by atoms with E-state index in [0.29, 0.717) is 22.0 Å². The van der Waals surface area contributed by atoms with Crippen LogP contribution in [0.3, 0.4) is 0 Å². The van der Waals surface area contributed by atoms with Gasteiger partial charge in [0.2, 0.25) is 47.3 Å². The van der Waals surface area contributed by atoms with Gasteiger partial charge in [-0.25, -0.2) is 0 Å². The number of aliphatic hydroxyl groups is 2. The number of para-hydroxylation sites is 1. The third-order valence-corrected chi connectivity index (χ3v) is 15.8. The predicted octanol–water partition coefficient (Wildman–Crippen LogP) is -1.90. The third kappa shape index (κ3) is 17.8. The molecule has 0 aliphatic carbocycles. The molecule has 1 aliphatic heterocycles. The average molecular weight is 1100 g/mol. The summed E-state index contributed by atoms with van der Waals surface area (Å²) in [6.45, 7) is 5.45. The standard InChI is InChI=1S/C51H69N13O11S2/c1-26(65)39(42(53)68)62-49(75)41-51(3,4)77-76-25-38(61-43(69)33(52)21-28-11-6-5-7-12-28)47(73)59-36(22-29-16-18-31(67)19-17-29)45(71)60-37(23-30-24-57-34-14-9-8-13-32(30)34)46(72)58-35(15-10-20-56-50(54)55)44(70)63-40(27(2)66)48(74)64-41/h5-9,11-14,16-19,24,26-27,33,35-41,57,65-67H,10,15,20-23,25,52H2,1-4H3,(H2,53,68)(H,58,72)(H,59,73)(H,60,71)(H,61,69)(H,62,75)(H,63,70)(H,64,74)(H4,54,55,56)/t26-,27-,33-,35?,36?,37-,38?,39+,40+,41?/m1/s1. The number of aromatic hydroxyl groups is 1. The number of phenols is 1. The highest BCUT2D eigenvalue weighted by molar-refractivity contribution is 8.77. The van der Waals surface area contributed by atoms with Crippen LogP contribution in [0.25, 0.3) is 10.9 Å². The quantitative estimate of drug-likeness (QED) is 0.0238. The van der Waals surface area contributed by atoms with Gasteiger partial charge in [0.15, 0.2) is 5.96 Å². The second kappa shape index (κ2) is 28.1. The predicted molar refractivity (Wildman–Crippen MR) is 292 cm³/mol. The van der Waals surface area contributed by atoms with E-state index in [1.54, 1.807) is 54.7 Å². The van der Waals surface area contributed by atoms with E-state index in [-0.39, 0.29) is 56.1 Å². The van der Waals surface area contributed by atoms with Gasteiger partial charge in [-0.1, -0.05) is 82.3 Å². The molecule has 4 unspecified atom stereocenters. The molecular formula is C51H69N13O11S2. The molecule has 1 aliphatic rings. The van der Waals surface area contributed by atoms with E-state index in [1.807, 2.05) is 6.07 Å². The second-order valence-corrected chi connectivity index (χ2v) is 22.2. The number of aromatic nitrogens is 1. The first kappa shape index (κ1) is 60.5. The van der Waals surface area contributed by atoms with Crippen LogP contribution in [0.15, 0.2) is 90.1 Å². The minimum Gasteiger partial charge on any atom is -0.508 e. The molecule has 3 aromatic carbocycles. The van der Waals surface area contributed by atoms with Gasteiger partial charge >= 0.3 is 0 Å². The molecule has 2 heterocycles. The fourth-order valence-electron chi connectivity index (χ4n) is 8.23. The maximum atomic E-state index is 14.9. The molecule has 10 atom stereocenters. The number of hydrogen-bond acceptors (Lipinski definition) is 15. The lowest BCUT2D eigenvalue weighted by atomic mass is 9.99. The monoisotopic (exact) mass is 1100 g/mol. The molecule has 416 valence electrons. The number of primary amides is 1. The Kier molecular flexibility index (Phi) is 22.1. The Labute approximate surface area is 452 Å². The molecule has 77 heavy (non-hydrogen) atoms. The normalized spacial score (nSPS) is 22.5. The number of H-pyrrole nitrogens is 1. The first-order valence-electron chi connectivity index (χ1n) is 24.7. The number of nitrogens with two attached hydrogens (primary N) is 4. The Morgan fingerprint density at radius 1 is 0.766 bits per heavy atom. The van der Waals surface area contributed by atoms with Gasteiger partial charge in [0.05, 0.1) is 18.2 Å². The molecule has 24 nitrogen and oxygen atoms in total. The van der Waals surface area contributed by atoms with Crippen LogP contribution in [0.1, 0.15) is 57.2 Å². The fourth-order valence-corrected chi connectivity index (χ4v) is 11.0. The number of carbonyl (C=O) groups is 8. The van der Waals surface area contributed by atoms with Crippen molar-refractivity contribution >= 4 is 85.7 Å². The van der Waals surface area contributed by atoms with Crippen molar-refractivity contribution in [1.82, 2.24) is 42.2 Å². The maximum Gasteiger partial charge on any atom is 0.245 e.